The molecule has 0 aliphatic carbocycles. The molecular weight excluding hydrogens is 337 g/mol. The minimum absolute atomic E-state index is 0. The summed E-state index contributed by atoms with van der Waals surface area (Å²) in [6.45, 7) is 2.30. The summed E-state index contributed by atoms with van der Waals surface area (Å²) in [5, 5.41) is 5.24. The van der Waals surface area contributed by atoms with Crippen molar-refractivity contribution in [2.45, 2.75) is 13.5 Å². The van der Waals surface area contributed by atoms with Gasteiger partial charge in [-0.2, -0.15) is 0 Å². The summed E-state index contributed by atoms with van der Waals surface area (Å²) in [7, 11) is 0. The van der Waals surface area contributed by atoms with Crippen LogP contribution in [-0.2, 0) is 6.54 Å². The van der Waals surface area contributed by atoms with E-state index in [0.717, 1.165) is 0 Å². The van der Waals surface area contributed by atoms with Gasteiger partial charge in [0.05, 0.1) is 12.1 Å². The molecule has 130 valence electrons. The van der Waals surface area contributed by atoms with Crippen molar-refractivity contribution in [2.24, 2.45) is 5.73 Å². The van der Waals surface area contributed by atoms with Crippen LogP contribution in [0.15, 0.2) is 34.9 Å². The van der Waals surface area contributed by atoms with E-state index in [2.05, 4.69) is 10.6 Å². The molecule has 4 N–H and O–H groups in total. The number of amides is 2. The van der Waals surface area contributed by atoms with Gasteiger partial charge in [0.25, 0.3) is 11.8 Å². The van der Waals surface area contributed by atoms with E-state index in [1.54, 1.807) is 25.1 Å². The average Bonchev–Trinajstić information content (AvgIpc) is 3.03. The molecule has 2 amide bonds. The molecule has 0 atom stereocenters. The number of benzene rings is 1. The summed E-state index contributed by atoms with van der Waals surface area (Å²) in [4.78, 5) is 23.6. The maximum Gasteiger partial charge on any atom is 0.254 e. The lowest BCUT2D eigenvalue weighted by atomic mass is 10.1. The predicted octanol–water partition coefficient (Wildman–Crippen LogP) is 1.77. The molecule has 0 aliphatic rings. The number of carbonyl (C=O) groups excluding carboxylic acids is 2. The largest absolute Gasteiger partial charge is 0.467 e. The zero-order valence-corrected chi connectivity index (χ0v) is 13.9. The van der Waals surface area contributed by atoms with E-state index in [1.165, 1.54) is 12.3 Å². The Balaban J connectivity index is 0.00000288. The van der Waals surface area contributed by atoms with Crippen LogP contribution >= 0.6 is 12.4 Å². The van der Waals surface area contributed by atoms with Crippen molar-refractivity contribution >= 4 is 24.2 Å². The third kappa shape index (κ3) is 5.07. The number of aryl methyl sites for hydroxylation is 1. The zero-order valence-electron chi connectivity index (χ0n) is 13.1. The lowest BCUT2D eigenvalue weighted by Gasteiger charge is -2.07. The minimum Gasteiger partial charge on any atom is -0.467 e. The molecule has 0 spiro atoms. The van der Waals surface area contributed by atoms with Crippen LogP contribution in [-0.4, -0.2) is 24.9 Å². The standard InChI is InChI=1S/C16H18FN3O3.ClH/c1-10-2-3-11(7-14(10)17)15(21)19-4-5-20-16(22)12-6-13(8-18)23-9-12;/h2-3,6-7,9H,4-5,8,18H2,1H3,(H,19,21)(H,20,22);1H. The van der Waals surface area contributed by atoms with Gasteiger partial charge in [-0.15, -0.1) is 12.4 Å². The van der Waals surface area contributed by atoms with Crippen molar-refractivity contribution in [1.82, 2.24) is 10.6 Å². The van der Waals surface area contributed by atoms with Crippen molar-refractivity contribution in [3.05, 3.63) is 58.8 Å². The molecule has 1 aromatic heterocycles. The molecule has 0 saturated heterocycles. The fourth-order valence-corrected chi connectivity index (χ4v) is 1.90. The van der Waals surface area contributed by atoms with Crippen LogP contribution in [0.4, 0.5) is 4.39 Å². The molecule has 8 heteroatoms. The van der Waals surface area contributed by atoms with Crippen LogP contribution in [0.2, 0.25) is 0 Å². The number of nitrogens with one attached hydrogen (secondary N) is 2. The van der Waals surface area contributed by atoms with Gasteiger partial charge in [-0.25, -0.2) is 4.39 Å². The van der Waals surface area contributed by atoms with Gasteiger partial charge in [0.1, 0.15) is 17.8 Å². The SMILES string of the molecule is Cc1ccc(C(=O)NCCNC(=O)c2coc(CN)c2)cc1F.Cl. The average molecular weight is 356 g/mol. The van der Waals surface area contributed by atoms with Crippen LogP contribution in [0.1, 0.15) is 32.0 Å². The van der Waals surface area contributed by atoms with Gasteiger partial charge in [-0.1, -0.05) is 6.07 Å². The van der Waals surface area contributed by atoms with E-state index >= 15 is 0 Å². The second-order valence-electron chi connectivity index (χ2n) is 4.98. The highest BCUT2D eigenvalue weighted by atomic mass is 35.5. The van der Waals surface area contributed by atoms with E-state index in [9.17, 15) is 14.0 Å². The van der Waals surface area contributed by atoms with Crippen LogP contribution in [0, 0.1) is 12.7 Å². The molecule has 0 radical (unpaired) electrons. The first-order valence-corrected chi connectivity index (χ1v) is 7.11. The van der Waals surface area contributed by atoms with Crippen LogP contribution in [0.25, 0.3) is 0 Å². The normalized spacial score (nSPS) is 9.96. The first-order valence-electron chi connectivity index (χ1n) is 7.11. The lowest BCUT2D eigenvalue weighted by Crippen LogP contribution is -2.34. The predicted molar refractivity (Wildman–Crippen MR) is 89.7 cm³/mol. The molecule has 1 aromatic carbocycles. The summed E-state index contributed by atoms with van der Waals surface area (Å²) >= 11 is 0. The lowest BCUT2D eigenvalue weighted by molar-refractivity contribution is 0.0927. The monoisotopic (exact) mass is 355 g/mol. The first kappa shape index (κ1) is 19.7. The number of carbonyl (C=O) groups is 2. The molecule has 2 aromatic rings. The second-order valence-corrected chi connectivity index (χ2v) is 4.98. The Labute approximate surface area is 145 Å². The zero-order chi connectivity index (χ0) is 16.8. The number of rotatable bonds is 6. The Hall–Kier alpha value is -2.38. The maximum absolute atomic E-state index is 13.4. The van der Waals surface area contributed by atoms with E-state index in [1.807, 2.05) is 0 Å². The topological polar surface area (TPSA) is 97.4 Å². The van der Waals surface area contributed by atoms with Gasteiger partial charge in [0.2, 0.25) is 0 Å². The minimum atomic E-state index is -0.429. The van der Waals surface area contributed by atoms with Crippen molar-refractivity contribution in [3.63, 3.8) is 0 Å². The molecule has 0 aliphatic heterocycles. The van der Waals surface area contributed by atoms with Crippen LogP contribution in [0.5, 0.6) is 0 Å². The molecule has 1 heterocycles. The molecule has 2 rings (SSSR count). The number of furan rings is 1. The van der Waals surface area contributed by atoms with Gasteiger partial charge >= 0.3 is 0 Å². The van der Waals surface area contributed by atoms with E-state index in [4.69, 9.17) is 10.2 Å². The van der Waals surface area contributed by atoms with Crippen LogP contribution in [0.3, 0.4) is 0 Å². The number of hydrogen-bond acceptors (Lipinski definition) is 4. The highest BCUT2D eigenvalue weighted by Gasteiger charge is 2.10. The Morgan fingerprint density at radius 3 is 2.29 bits per heavy atom. The number of nitrogens with two attached hydrogens (primary N) is 1. The first-order chi connectivity index (χ1) is 11.0. The second kappa shape index (κ2) is 9.05. The third-order valence-electron chi connectivity index (χ3n) is 3.25. The smallest absolute Gasteiger partial charge is 0.254 e. The summed E-state index contributed by atoms with van der Waals surface area (Å²) in [6.07, 6.45) is 1.32. The highest BCUT2D eigenvalue weighted by molar-refractivity contribution is 5.95. The van der Waals surface area contributed by atoms with E-state index in [-0.39, 0.29) is 43.5 Å². The molecule has 6 nitrogen and oxygen atoms in total. The van der Waals surface area contributed by atoms with Gasteiger partial charge in [-0.05, 0) is 30.7 Å². The van der Waals surface area contributed by atoms with Gasteiger partial charge in [0, 0.05) is 18.7 Å². The Kier molecular flexibility index (Phi) is 7.41. The van der Waals surface area contributed by atoms with Crippen LogP contribution < -0.4 is 16.4 Å². The highest BCUT2D eigenvalue weighted by Crippen LogP contribution is 2.09. The summed E-state index contributed by atoms with van der Waals surface area (Å²) < 4.78 is 18.5. The quantitative estimate of drug-likeness (QED) is 0.688. The molecule has 0 unspecified atom stereocenters. The Bertz CT molecular complexity index is 718. The van der Waals surface area contributed by atoms with Gasteiger partial charge < -0.3 is 20.8 Å². The fourth-order valence-electron chi connectivity index (χ4n) is 1.90. The summed E-state index contributed by atoms with van der Waals surface area (Å²) in [6, 6.07) is 5.83. The van der Waals surface area contributed by atoms with Crippen molar-refractivity contribution < 1.29 is 18.4 Å². The van der Waals surface area contributed by atoms with Crippen molar-refractivity contribution in [2.75, 3.05) is 13.1 Å². The molecular formula is C16H19ClFN3O3. The van der Waals surface area contributed by atoms with Crippen molar-refractivity contribution in [3.8, 4) is 0 Å². The molecule has 24 heavy (non-hydrogen) atoms. The third-order valence-corrected chi connectivity index (χ3v) is 3.25. The van der Waals surface area contributed by atoms with E-state index in [0.29, 0.717) is 16.9 Å². The molecule has 0 fully saturated rings. The Morgan fingerprint density at radius 1 is 1.12 bits per heavy atom. The maximum atomic E-state index is 13.4. The molecule has 0 saturated carbocycles. The number of hydrogen-bond donors (Lipinski definition) is 3. The summed E-state index contributed by atoms with van der Waals surface area (Å²) in [5.74, 6) is -0.623. The fraction of sp³-hybridized carbons (Fsp3) is 0.250. The van der Waals surface area contributed by atoms with Crippen molar-refractivity contribution in [1.29, 1.82) is 0 Å². The van der Waals surface area contributed by atoms with Gasteiger partial charge in [0.15, 0.2) is 0 Å². The summed E-state index contributed by atoms with van der Waals surface area (Å²) in [5.41, 5.74) is 6.48. The van der Waals surface area contributed by atoms with Gasteiger partial charge in [-0.3, -0.25) is 9.59 Å². The van der Waals surface area contributed by atoms with E-state index < -0.39 is 11.7 Å². The molecule has 0 bridgehead atoms. The number of halogens is 2. The Morgan fingerprint density at radius 2 is 1.75 bits per heavy atom.